The number of aromatic amines is 1. The number of rotatable bonds is 4. The number of aryl methyl sites for hydroxylation is 1. The van der Waals surface area contributed by atoms with Crippen molar-refractivity contribution < 1.29 is 0 Å². The molecule has 100 valence electrons. The lowest BCUT2D eigenvalue weighted by Crippen LogP contribution is -2.07. The van der Waals surface area contributed by atoms with Gasteiger partial charge in [-0.3, -0.25) is 0 Å². The fourth-order valence-electron chi connectivity index (χ4n) is 3.07. The predicted molar refractivity (Wildman–Crippen MR) is 78.9 cm³/mol. The number of nitrogens with one attached hydrogen (secondary N) is 1. The number of imidazole rings is 1. The summed E-state index contributed by atoms with van der Waals surface area (Å²) in [6, 6.07) is 10.4. The molecule has 3 rings (SSSR count). The average Bonchev–Trinajstić information content (AvgIpc) is 2.96. The van der Waals surface area contributed by atoms with E-state index in [1.54, 1.807) is 0 Å². The molecule has 1 aliphatic carbocycles. The minimum Gasteiger partial charge on any atom is -0.342 e. The van der Waals surface area contributed by atoms with Crippen molar-refractivity contribution >= 4 is 0 Å². The predicted octanol–water partition coefficient (Wildman–Crippen LogP) is 4.59. The van der Waals surface area contributed by atoms with Crippen LogP contribution in [-0.2, 0) is 6.42 Å². The van der Waals surface area contributed by atoms with E-state index in [1.807, 2.05) is 12.3 Å². The van der Waals surface area contributed by atoms with E-state index >= 15 is 0 Å². The molecular weight excluding hydrogens is 232 g/mol. The molecule has 1 heterocycles. The van der Waals surface area contributed by atoms with Crippen molar-refractivity contribution in [1.82, 2.24) is 9.97 Å². The van der Waals surface area contributed by atoms with Crippen LogP contribution in [0.1, 0.15) is 44.3 Å². The van der Waals surface area contributed by atoms with Crippen LogP contribution in [0.25, 0.3) is 11.3 Å². The second-order valence-corrected chi connectivity index (χ2v) is 5.65. The van der Waals surface area contributed by atoms with Crippen LogP contribution < -0.4 is 0 Å². The Morgan fingerprint density at radius 1 is 1.05 bits per heavy atom. The van der Waals surface area contributed by atoms with E-state index in [0.29, 0.717) is 0 Å². The largest absolute Gasteiger partial charge is 0.342 e. The molecule has 2 heteroatoms. The lowest BCUT2D eigenvalue weighted by atomic mass is 9.86. The van der Waals surface area contributed by atoms with Gasteiger partial charge in [0, 0.05) is 6.42 Å². The van der Waals surface area contributed by atoms with Crippen molar-refractivity contribution in [1.29, 1.82) is 0 Å². The van der Waals surface area contributed by atoms with E-state index in [9.17, 15) is 0 Å². The highest BCUT2D eigenvalue weighted by Crippen LogP contribution is 2.27. The smallest absolute Gasteiger partial charge is 0.106 e. The van der Waals surface area contributed by atoms with Crippen molar-refractivity contribution in [2.24, 2.45) is 5.92 Å². The first-order valence-electron chi connectivity index (χ1n) is 7.51. The molecule has 1 aromatic carbocycles. The van der Waals surface area contributed by atoms with Crippen LogP contribution in [0.3, 0.4) is 0 Å². The number of benzene rings is 1. The van der Waals surface area contributed by atoms with Crippen molar-refractivity contribution in [2.75, 3.05) is 0 Å². The lowest BCUT2D eigenvalue weighted by Gasteiger charge is -2.20. The zero-order valence-electron chi connectivity index (χ0n) is 11.4. The molecule has 1 N–H and O–H groups in total. The van der Waals surface area contributed by atoms with Crippen LogP contribution in [0.4, 0.5) is 0 Å². The molecule has 1 fully saturated rings. The third-order valence-electron chi connectivity index (χ3n) is 4.23. The molecule has 2 aromatic rings. The molecule has 1 saturated carbocycles. The van der Waals surface area contributed by atoms with E-state index in [2.05, 4.69) is 34.2 Å². The van der Waals surface area contributed by atoms with E-state index in [0.717, 1.165) is 23.9 Å². The maximum absolute atomic E-state index is 4.52. The average molecular weight is 254 g/mol. The quantitative estimate of drug-likeness (QED) is 0.849. The SMILES string of the molecule is c1ccc(-c2cnc(CCC3CCCCC3)[nH]2)cc1. The summed E-state index contributed by atoms with van der Waals surface area (Å²) >= 11 is 0. The first kappa shape index (κ1) is 12.5. The summed E-state index contributed by atoms with van der Waals surface area (Å²) < 4.78 is 0. The van der Waals surface area contributed by atoms with Crippen LogP contribution in [0.15, 0.2) is 36.5 Å². The van der Waals surface area contributed by atoms with Crippen LogP contribution in [0, 0.1) is 5.92 Å². The Hall–Kier alpha value is -1.57. The maximum atomic E-state index is 4.52. The number of nitrogens with zero attached hydrogens (tertiary/aromatic N) is 1. The molecule has 1 aromatic heterocycles. The maximum Gasteiger partial charge on any atom is 0.106 e. The number of hydrogen-bond donors (Lipinski definition) is 1. The molecule has 0 bridgehead atoms. The van der Waals surface area contributed by atoms with E-state index in [4.69, 9.17) is 0 Å². The Balaban J connectivity index is 1.59. The van der Waals surface area contributed by atoms with Crippen LogP contribution in [-0.4, -0.2) is 9.97 Å². The molecule has 0 spiro atoms. The molecule has 2 nitrogen and oxygen atoms in total. The molecule has 0 saturated heterocycles. The Kier molecular flexibility index (Phi) is 3.97. The highest BCUT2D eigenvalue weighted by Gasteiger charge is 2.14. The fraction of sp³-hybridized carbons (Fsp3) is 0.471. The van der Waals surface area contributed by atoms with Gasteiger partial charge >= 0.3 is 0 Å². The van der Waals surface area contributed by atoms with Gasteiger partial charge in [-0.05, 0) is 17.9 Å². The standard InChI is InChI=1S/C17H22N2/c1-3-7-14(8-4-1)11-12-17-18-13-16(19-17)15-9-5-2-6-10-15/h2,5-6,9-10,13-14H,1,3-4,7-8,11-12H2,(H,18,19). The first-order chi connectivity index (χ1) is 9.42. The van der Waals surface area contributed by atoms with Crippen molar-refractivity contribution in [3.8, 4) is 11.3 Å². The zero-order valence-corrected chi connectivity index (χ0v) is 11.4. The van der Waals surface area contributed by atoms with Gasteiger partial charge in [-0.2, -0.15) is 0 Å². The van der Waals surface area contributed by atoms with Gasteiger partial charge in [-0.1, -0.05) is 62.4 Å². The second kappa shape index (κ2) is 6.05. The zero-order chi connectivity index (χ0) is 12.9. The summed E-state index contributed by atoms with van der Waals surface area (Å²) in [5.74, 6) is 2.07. The van der Waals surface area contributed by atoms with Gasteiger partial charge in [0.25, 0.3) is 0 Å². The number of aromatic nitrogens is 2. The van der Waals surface area contributed by atoms with Gasteiger partial charge in [0.15, 0.2) is 0 Å². The molecule has 0 unspecified atom stereocenters. The topological polar surface area (TPSA) is 28.7 Å². The molecule has 19 heavy (non-hydrogen) atoms. The highest BCUT2D eigenvalue weighted by atomic mass is 14.9. The van der Waals surface area contributed by atoms with Crippen molar-refractivity contribution in [2.45, 2.75) is 44.9 Å². The third-order valence-corrected chi connectivity index (χ3v) is 4.23. The minimum atomic E-state index is 0.930. The summed E-state index contributed by atoms with van der Waals surface area (Å²) in [5.41, 5.74) is 2.36. The fourth-order valence-corrected chi connectivity index (χ4v) is 3.07. The van der Waals surface area contributed by atoms with Gasteiger partial charge in [-0.15, -0.1) is 0 Å². The summed E-state index contributed by atoms with van der Waals surface area (Å²) in [6.45, 7) is 0. The lowest BCUT2D eigenvalue weighted by molar-refractivity contribution is 0.337. The minimum absolute atomic E-state index is 0.930. The van der Waals surface area contributed by atoms with Crippen molar-refractivity contribution in [3.05, 3.63) is 42.4 Å². The van der Waals surface area contributed by atoms with E-state index in [-0.39, 0.29) is 0 Å². The molecule has 1 aliphatic rings. The Morgan fingerprint density at radius 3 is 2.63 bits per heavy atom. The number of hydrogen-bond acceptors (Lipinski definition) is 1. The van der Waals surface area contributed by atoms with Crippen LogP contribution in [0.5, 0.6) is 0 Å². The molecular formula is C17H22N2. The Morgan fingerprint density at radius 2 is 1.84 bits per heavy atom. The highest BCUT2D eigenvalue weighted by molar-refractivity contribution is 5.57. The van der Waals surface area contributed by atoms with E-state index < -0.39 is 0 Å². The van der Waals surface area contributed by atoms with E-state index in [1.165, 1.54) is 44.1 Å². The Bertz CT molecular complexity index is 495. The van der Waals surface area contributed by atoms with Gasteiger partial charge in [0.05, 0.1) is 11.9 Å². The summed E-state index contributed by atoms with van der Waals surface area (Å²) in [4.78, 5) is 7.98. The molecule has 0 amide bonds. The van der Waals surface area contributed by atoms with Gasteiger partial charge in [0.2, 0.25) is 0 Å². The summed E-state index contributed by atoms with van der Waals surface area (Å²) in [7, 11) is 0. The van der Waals surface area contributed by atoms with Crippen molar-refractivity contribution in [3.63, 3.8) is 0 Å². The molecule has 0 aliphatic heterocycles. The monoisotopic (exact) mass is 254 g/mol. The van der Waals surface area contributed by atoms with Crippen LogP contribution >= 0.6 is 0 Å². The Labute approximate surface area is 115 Å². The van der Waals surface area contributed by atoms with Gasteiger partial charge < -0.3 is 4.98 Å². The molecule has 0 atom stereocenters. The van der Waals surface area contributed by atoms with Crippen LogP contribution in [0.2, 0.25) is 0 Å². The molecule has 0 radical (unpaired) electrons. The van der Waals surface area contributed by atoms with Gasteiger partial charge in [-0.25, -0.2) is 4.98 Å². The van der Waals surface area contributed by atoms with Gasteiger partial charge in [0.1, 0.15) is 5.82 Å². The second-order valence-electron chi connectivity index (χ2n) is 5.65. The normalized spacial score (nSPS) is 16.6. The number of H-pyrrole nitrogens is 1. The summed E-state index contributed by atoms with van der Waals surface area (Å²) in [6.07, 6.45) is 11.5. The summed E-state index contributed by atoms with van der Waals surface area (Å²) in [5, 5.41) is 0. The third kappa shape index (κ3) is 3.25. The first-order valence-corrected chi connectivity index (χ1v) is 7.51.